The van der Waals surface area contributed by atoms with E-state index in [1.807, 2.05) is 35.2 Å². The third kappa shape index (κ3) is 4.84. The summed E-state index contributed by atoms with van der Waals surface area (Å²) in [7, 11) is 0. The van der Waals surface area contributed by atoms with Crippen LogP contribution in [-0.2, 0) is 11.3 Å². The number of halogens is 1. The van der Waals surface area contributed by atoms with E-state index in [9.17, 15) is 19.3 Å². The Morgan fingerprint density at radius 1 is 1.11 bits per heavy atom. The number of hydrogen-bond acceptors (Lipinski definition) is 7. The number of thiazole rings is 1. The highest BCUT2D eigenvalue weighted by Crippen LogP contribution is 2.34. The molecule has 2 heterocycles. The van der Waals surface area contributed by atoms with Gasteiger partial charge < -0.3 is 9.64 Å². The number of hydrogen-bond donors (Lipinski definition) is 0. The molecule has 1 saturated heterocycles. The lowest BCUT2D eigenvalue weighted by Crippen LogP contribution is -2.36. The van der Waals surface area contributed by atoms with Crippen molar-refractivity contribution in [2.75, 3.05) is 36.1 Å². The minimum absolute atomic E-state index is 0.135. The molecular formula is C25H21FN4O4S. The molecule has 5 rings (SSSR count). The molecule has 35 heavy (non-hydrogen) atoms. The molecule has 4 aromatic rings. The van der Waals surface area contributed by atoms with E-state index in [-0.39, 0.29) is 23.6 Å². The molecule has 8 nitrogen and oxygen atoms in total. The zero-order valence-corrected chi connectivity index (χ0v) is 19.4. The van der Waals surface area contributed by atoms with E-state index in [1.54, 1.807) is 18.2 Å². The van der Waals surface area contributed by atoms with Crippen LogP contribution >= 0.6 is 11.3 Å². The largest absolute Gasteiger partial charge is 0.378 e. The number of benzene rings is 3. The van der Waals surface area contributed by atoms with Crippen molar-refractivity contribution in [3.63, 3.8) is 0 Å². The van der Waals surface area contributed by atoms with E-state index in [0.717, 1.165) is 5.56 Å². The molecule has 178 valence electrons. The monoisotopic (exact) mass is 492 g/mol. The Balaban J connectivity index is 1.54. The van der Waals surface area contributed by atoms with E-state index < -0.39 is 10.8 Å². The number of aromatic nitrogens is 1. The summed E-state index contributed by atoms with van der Waals surface area (Å²) in [6.45, 7) is 2.26. The molecule has 1 aromatic heterocycles. The van der Waals surface area contributed by atoms with Crippen molar-refractivity contribution in [1.82, 2.24) is 4.98 Å². The van der Waals surface area contributed by atoms with Gasteiger partial charge in [0.15, 0.2) is 5.13 Å². The Hall–Kier alpha value is -3.89. The quantitative estimate of drug-likeness (QED) is 0.277. The molecule has 0 aliphatic carbocycles. The van der Waals surface area contributed by atoms with Gasteiger partial charge in [0.2, 0.25) is 0 Å². The lowest BCUT2D eigenvalue weighted by molar-refractivity contribution is -0.384. The van der Waals surface area contributed by atoms with Gasteiger partial charge in [-0.3, -0.25) is 19.8 Å². The zero-order valence-electron chi connectivity index (χ0n) is 18.6. The Labute approximate surface area is 204 Å². The van der Waals surface area contributed by atoms with E-state index in [4.69, 9.17) is 4.74 Å². The minimum atomic E-state index is -0.469. The predicted molar refractivity (Wildman–Crippen MR) is 133 cm³/mol. The third-order valence-corrected chi connectivity index (χ3v) is 6.81. The van der Waals surface area contributed by atoms with Crippen LogP contribution in [-0.4, -0.2) is 42.1 Å². The lowest BCUT2D eigenvalue weighted by Gasteiger charge is -2.28. The van der Waals surface area contributed by atoms with Crippen LogP contribution in [0.3, 0.4) is 0 Å². The Kier molecular flexibility index (Phi) is 6.39. The molecule has 10 heteroatoms. The van der Waals surface area contributed by atoms with E-state index >= 15 is 0 Å². The van der Waals surface area contributed by atoms with Crippen LogP contribution in [0.25, 0.3) is 10.2 Å². The summed E-state index contributed by atoms with van der Waals surface area (Å²) in [6.07, 6.45) is 0. The Morgan fingerprint density at radius 2 is 1.89 bits per heavy atom. The summed E-state index contributed by atoms with van der Waals surface area (Å²) in [5.41, 5.74) is 1.94. The molecule has 1 amide bonds. The average molecular weight is 493 g/mol. The number of carbonyl (C=O) groups is 1. The standard InChI is InChI=1S/C25H21FN4O4S/c26-19-7-8-20-23(15-19)35-25(27-20)29(16-17-4-2-1-3-5-17)24(31)18-6-9-21(22(14-18)30(32)33)28-10-12-34-13-11-28/h1-9,14-15H,10-13,16H2. The number of fused-ring (bicyclic) bond motifs is 1. The van der Waals surface area contributed by atoms with Crippen molar-refractivity contribution < 1.29 is 18.8 Å². The number of anilines is 2. The average Bonchev–Trinajstić information content (AvgIpc) is 3.30. The first kappa shape index (κ1) is 22.9. The number of carbonyl (C=O) groups excluding carboxylic acids is 1. The van der Waals surface area contributed by atoms with Gasteiger partial charge in [-0.15, -0.1) is 0 Å². The fourth-order valence-electron chi connectivity index (χ4n) is 4.02. The molecule has 0 N–H and O–H groups in total. The molecule has 1 fully saturated rings. The van der Waals surface area contributed by atoms with E-state index in [1.165, 1.54) is 34.4 Å². The van der Waals surface area contributed by atoms with E-state index in [2.05, 4.69) is 4.98 Å². The fraction of sp³-hybridized carbons (Fsp3) is 0.200. The highest BCUT2D eigenvalue weighted by atomic mass is 32.1. The summed E-state index contributed by atoms with van der Waals surface area (Å²) in [6, 6.07) is 18.2. The smallest absolute Gasteiger partial charge is 0.293 e. The number of rotatable bonds is 6. The highest BCUT2D eigenvalue weighted by Gasteiger charge is 2.27. The van der Waals surface area contributed by atoms with Crippen LogP contribution in [0, 0.1) is 15.9 Å². The van der Waals surface area contributed by atoms with Crippen LogP contribution in [0.2, 0.25) is 0 Å². The normalized spacial score (nSPS) is 13.7. The Morgan fingerprint density at radius 3 is 2.63 bits per heavy atom. The number of amides is 1. The van der Waals surface area contributed by atoms with E-state index in [0.29, 0.717) is 47.3 Å². The first-order valence-electron chi connectivity index (χ1n) is 11.0. The third-order valence-electron chi connectivity index (χ3n) is 5.77. The molecule has 1 aliphatic rings. The van der Waals surface area contributed by atoms with Crippen molar-refractivity contribution in [3.8, 4) is 0 Å². The molecule has 0 unspecified atom stereocenters. The summed E-state index contributed by atoms with van der Waals surface area (Å²) in [4.78, 5) is 33.1. The second kappa shape index (κ2) is 9.77. The number of nitro benzene ring substituents is 1. The topological polar surface area (TPSA) is 88.8 Å². The summed E-state index contributed by atoms with van der Waals surface area (Å²) < 4.78 is 19.7. The zero-order chi connectivity index (χ0) is 24.4. The predicted octanol–water partition coefficient (Wildman–Crippen LogP) is 5.03. The molecule has 0 bridgehead atoms. The van der Waals surface area contributed by atoms with Gasteiger partial charge in [-0.2, -0.15) is 0 Å². The van der Waals surface area contributed by atoms with Gasteiger partial charge in [-0.05, 0) is 35.9 Å². The number of morpholine rings is 1. The van der Waals surface area contributed by atoms with Crippen molar-refractivity contribution in [3.05, 3.63) is 93.8 Å². The van der Waals surface area contributed by atoms with Crippen LogP contribution < -0.4 is 9.80 Å². The Bertz CT molecular complexity index is 1390. The molecular weight excluding hydrogens is 471 g/mol. The number of nitrogens with zero attached hydrogens (tertiary/aromatic N) is 4. The van der Waals surface area contributed by atoms with Gasteiger partial charge in [-0.25, -0.2) is 9.37 Å². The SMILES string of the molecule is O=C(c1ccc(N2CCOCC2)c([N+](=O)[O-])c1)N(Cc1ccccc1)c1nc2ccc(F)cc2s1. The molecule has 3 aromatic carbocycles. The first-order valence-corrected chi connectivity index (χ1v) is 11.8. The molecule has 1 aliphatic heterocycles. The van der Waals surface area contributed by atoms with Crippen LogP contribution in [0.1, 0.15) is 15.9 Å². The first-order chi connectivity index (χ1) is 17.0. The van der Waals surface area contributed by atoms with Crippen molar-refractivity contribution >= 4 is 44.0 Å². The maximum atomic E-state index is 13.8. The summed E-state index contributed by atoms with van der Waals surface area (Å²) in [5, 5.41) is 12.3. The van der Waals surface area contributed by atoms with Crippen LogP contribution in [0.4, 0.5) is 20.9 Å². The summed E-state index contributed by atoms with van der Waals surface area (Å²) in [5.74, 6) is -0.812. The highest BCUT2D eigenvalue weighted by molar-refractivity contribution is 7.22. The molecule has 0 atom stereocenters. The molecule has 0 radical (unpaired) electrons. The maximum Gasteiger partial charge on any atom is 0.293 e. The van der Waals surface area contributed by atoms with Gasteiger partial charge in [0.25, 0.3) is 11.6 Å². The van der Waals surface area contributed by atoms with Crippen LogP contribution in [0.15, 0.2) is 66.7 Å². The number of ether oxygens (including phenoxy) is 1. The van der Waals surface area contributed by atoms with Crippen LogP contribution in [0.5, 0.6) is 0 Å². The second-order valence-electron chi connectivity index (χ2n) is 8.05. The van der Waals surface area contributed by atoms with Gasteiger partial charge in [0, 0.05) is 24.7 Å². The minimum Gasteiger partial charge on any atom is -0.378 e. The molecule has 0 saturated carbocycles. The van der Waals surface area contributed by atoms with Crippen molar-refractivity contribution in [1.29, 1.82) is 0 Å². The summed E-state index contributed by atoms with van der Waals surface area (Å²) >= 11 is 1.20. The number of nitro groups is 1. The fourth-order valence-corrected chi connectivity index (χ4v) is 5.01. The second-order valence-corrected chi connectivity index (χ2v) is 9.05. The van der Waals surface area contributed by atoms with Gasteiger partial charge in [0.05, 0.1) is 34.9 Å². The van der Waals surface area contributed by atoms with Crippen molar-refractivity contribution in [2.45, 2.75) is 6.54 Å². The van der Waals surface area contributed by atoms with Gasteiger partial charge in [0.1, 0.15) is 11.5 Å². The van der Waals surface area contributed by atoms with Crippen molar-refractivity contribution in [2.24, 2.45) is 0 Å². The molecule has 0 spiro atoms. The lowest BCUT2D eigenvalue weighted by atomic mass is 10.1. The maximum absolute atomic E-state index is 13.8. The van der Waals surface area contributed by atoms with Gasteiger partial charge in [-0.1, -0.05) is 41.7 Å². The van der Waals surface area contributed by atoms with Gasteiger partial charge >= 0.3 is 0 Å².